The van der Waals surface area contributed by atoms with Crippen molar-refractivity contribution in [3.8, 4) is 0 Å². The van der Waals surface area contributed by atoms with Crippen LogP contribution in [0.3, 0.4) is 0 Å². The molecule has 2 bridgehead atoms. The van der Waals surface area contributed by atoms with Gasteiger partial charge in [-0.1, -0.05) is 20.8 Å². The molecule has 1 aromatic rings. The first-order valence-electron chi connectivity index (χ1n) is 8.70. The Morgan fingerprint density at radius 2 is 2.05 bits per heavy atom. The van der Waals surface area contributed by atoms with Crippen molar-refractivity contribution >= 4 is 5.91 Å². The minimum atomic E-state index is 0.113. The maximum absolute atomic E-state index is 12.8. The Morgan fingerprint density at radius 1 is 1.36 bits per heavy atom. The SMILES string of the molecule is CCn1c(C)cc(C(=O)N[C@@H]2C[C@H]3CC[C@@]2(C)C3(C)C)c1C. The molecular weight excluding hydrogens is 272 g/mol. The molecule has 2 aliphatic carbocycles. The van der Waals surface area contributed by atoms with Crippen LogP contribution in [-0.2, 0) is 6.54 Å². The van der Waals surface area contributed by atoms with Gasteiger partial charge in [0.1, 0.15) is 0 Å². The predicted octanol–water partition coefficient (Wildman–Crippen LogP) is 4.07. The molecule has 3 nitrogen and oxygen atoms in total. The van der Waals surface area contributed by atoms with E-state index in [0.717, 1.165) is 30.1 Å². The zero-order valence-corrected chi connectivity index (χ0v) is 14.9. The number of carbonyl (C=O) groups is 1. The molecule has 1 N–H and O–H groups in total. The van der Waals surface area contributed by atoms with Crippen molar-refractivity contribution < 1.29 is 4.79 Å². The molecule has 0 unspecified atom stereocenters. The fourth-order valence-corrected chi connectivity index (χ4v) is 5.18. The van der Waals surface area contributed by atoms with Gasteiger partial charge in [0.15, 0.2) is 0 Å². The summed E-state index contributed by atoms with van der Waals surface area (Å²) in [6.07, 6.45) is 3.70. The lowest BCUT2D eigenvalue weighted by Gasteiger charge is -2.39. The van der Waals surface area contributed by atoms with Gasteiger partial charge in [-0.05, 0) is 62.8 Å². The largest absolute Gasteiger partial charge is 0.349 e. The summed E-state index contributed by atoms with van der Waals surface area (Å²) < 4.78 is 2.21. The Hall–Kier alpha value is -1.25. The lowest BCUT2D eigenvalue weighted by Crippen LogP contribution is -2.47. The fourth-order valence-electron chi connectivity index (χ4n) is 5.18. The monoisotopic (exact) mass is 302 g/mol. The second kappa shape index (κ2) is 4.87. The maximum atomic E-state index is 12.8. The fraction of sp³-hybridized carbons (Fsp3) is 0.737. The number of fused-ring (bicyclic) bond motifs is 2. The molecule has 0 aliphatic heterocycles. The summed E-state index contributed by atoms with van der Waals surface area (Å²) in [7, 11) is 0. The smallest absolute Gasteiger partial charge is 0.253 e. The summed E-state index contributed by atoms with van der Waals surface area (Å²) in [5, 5.41) is 3.38. The molecule has 1 heterocycles. The summed E-state index contributed by atoms with van der Waals surface area (Å²) in [6, 6.07) is 2.35. The number of hydrogen-bond acceptors (Lipinski definition) is 1. The minimum absolute atomic E-state index is 0.113. The van der Waals surface area contributed by atoms with Crippen LogP contribution in [0.1, 0.15) is 68.7 Å². The van der Waals surface area contributed by atoms with Crippen LogP contribution in [-0.4, -0.2) is 16.5 Å². The Kier molecular flexibility index (Phi) is 3.46. The number of hydrogen-bond donors (Lipinski definition) is 1. The molecule has 3 rings (SSSR count). The van der Waals surface area contributed by atoms with Crippen LogP contribution in [0.2, 0.25) is 0 Å². The lowest BCUT2D eigenvalue weighted by molar-refractivity contribution is 0.0825. The highest BCUT2D eigenvalue weighted by atomic mass is 16.1. The van der Waals surface area contributed by atoms with E-state index in [1.807, 2.05) is 6.07 Å². The van der Waals surface area contributed by atoms with Crippen molar-refractivity contribution in [3.05, 3.63) is 23.0 Å². The predicted molar refractivity (Wildman–Crippen MR) is 90.1 cm³/mol. The second-order valence-corrected chi connectivity index (χ2v) is 8.17. The van der Waals surface area contributed by atoms with E-state index in [1.165, 1.54) is 18.5 Å². The molecule has 1 amide bonds. The van der Waals surface area contributed by atoms with Gasteiger partial charge in [-0.25, -0.2) is 0 Å². The van der Waals surface area contributed by atoms with Crippen LogP contribution in [0.4, 0.5) is 0 Å². The average Bonchev–Trinajstić information content (AvgIpc) is 2.93. The highest BCUT2D eigenvalue weighted by Crippen LogP contribution is 2.65. The lowest BCUT2D eigenvalue weighted by atomic mass is 9.69. The average molecular weight is 302 g/mol. The number of amides is 1. The van der Waals surface area contributed by atoms with E-state index in [9.17, 15) is 4.79 Å². The first-order valence-corrected chi connectivity index (χ1v) is 8.70. The van der Waals surface area contributed by atoms with E-state index in [1.54, 1.807) is 0 Å². The van der Waals surface area contributed by atoms with Gasteiger partial charge in [0.2, 0.25) is 0 Å². The van der Waals surface area contributed by atoms with E-state index in [-0.39, 0.29) is 11.3 Å². The maximum Gasteiger partial charge on any atom is 0.253 e. The third-order valence-corrected chi connectivity index (χ3v) is 7.23. The number of carbonyl (C=O) groups excluding carboxylic acids is 1. The van der Waals surface area contributed by atoms with Crippen molar-refractivity contribution in [1.29, 1.82) is 0 Å². The molecule has 3 atom stereocenters. The van der Waals surface area contributed by atoms with E-state index >= 15 is 0 Å². The Bertz CT molecular complexity index is 613. The summed E-state index contributed by atoms with van der Waals surface area (Å²) in [5.41, 5.74) is 3.69. The molecule has 2 saturated carbocycles. The summed E-state index contributed by atoms with van der Waals surface area (Å²) in [4.78, 5) is 12.8. The van der Waals surface area contributed by atoms with Crippen LogP contribution in [0.25, 0.3) is 0 Å². The van der Waals surface area contributed by atoms with Gasteiger partial charge in [0, 0.05) is 24.0 Å². The Morgan fingerprint density at radius 3 is 2.50 bits per heavy atom. The van der Waals surface area contributed by atoms with E-state index in [4.69, 9.17) is 0 Å². The molecule has 3 heteroatoms. The van der Waals surface area contributed by atoms with E-state index in [0.29, 0.717) is 11.5 Å². The van der Waals surface area contributed by atoms with Crippen LogP contribution < -0.4 is 5.32 Å². The minimum Gasteiger partial charge on any atom is -0.349 e. The molecule has 0 saturated heterocycles. The number of aryl methyl sites for hydroxylation is 1. The standard InChI is InChI=1S/C19H30N2O/c1-7-21-12(2)10-15(13(21)3)17(22)20-16-11-14-8-9-19(16,6)18(14,4)5/h10,14,16H,7-9,11H2,1-6H3,(H,20,22)/t14-,16-,19-/m1/s1. The van der Waals surface area contributed by atoms with Crippen molar-refractivity contribution in [3.63, 3.8) is 0 Å². The molecule has 1 aromatic heterocycles. The van der Waals surface area contributed by atoms with Crippen molar-refractivity contribution in [1.82, 2.24) is 9.88 Å². The van der Waals surface area contributed by atoms with Gasteiger partial charge in [-0.2, -0.15) is 0 Å². The highest BCUT2D eigenvalue weighted by Gasteiger charge is 2.61. The van der Waals surface area contributed by atoms with Crippen LogP contribution in [0, 0.1) is 30.6 Å². The number of aromatic nitrogens is 1. The van der Waals surface area contributed by atoms with E-state index < -0.39 is 0 Å². The van der Waals surface area contributed by atoms with Crippen LogP contribution >= 0.6 is 0 Å². The summed E-state index contributed by atoms with van der Waals surface area (Å²) in [6.45, 7) is 14.3. The van der Waals surface area contributed by atoms with Crippen molar-refractivity contribution in [2.24, 2.45) is 16.7 Å². The molecule has 0 radical (unpaired) electrons. The molecule has 0 spiro atoms. The normalized spacial score (nSPS) is 32.5. The highest BCUT2D eigenvalue weighted by molar-refractivity contribution is 5.96. The van der Waals surface area contributed by atoms with Gasteiger partial charge >= 0.3 is 0 Å². The van der Waals surface area contributed by atoms with Gasteiger partial charge in [0.25, 0.3) is 5.91 Å². The second-order valence-electron chi connectivity index (χ2n) is 8.17. The Labute approximate surface area is 134 Å². The van der Waals surface area contributed by atoms with Gasteiger partial charge in [-0.15, -0.1) is 0 Å². The zero-order chi connectivity index (χ0) is 16.3. The van der Waals surface area contributed by atoms with Crippen LogP contribution in [0.15, 0.2) is 6.07 Å². The number of nitrogens with zero attached hydrogens (tertiary/aromatic N) is 1. The number of nitrogens with one attached hydrogen (secondary N) is 1. The number of rotatable bonds is 3. The zero-order valence-electron chi connectivity index (χ0n) is 14.9. The third-order valence-electron chi connectivity index (χ3n) is 7.23. The topological polar surface area (TPSA) is 34.0 Å². The van der Waals surface area contributed by atoms with Crippen molar-refractivity contribution in [2.75, 3.05) is 0 Å². The third kappa shape index (κ3) is 1.90. The molecule has 2 fully saturated rings. The molecule has 0 aromatic carbocycles. The first-order chi connectivity index (χ1) is 10.2. The van der Waals surface area contributed by atoms with Crippen LogP contribution in [0.5, 0.6) is 0 Å². The molecule has 22 heavy (non-hydrogen) atoms. The quantitative estimate of drug-likeness (QED) is 0.897. The van der Waals surface area contributed by atoms with Gasteiger partial charge < -0.3 is 9.88 Å². The molecule has 2 aliphatic rings. The summed E-state index contributed by atoms with van der Waals surface area (Å²) >= 11 is 0. The first kappa shape index (κ1) is 15.6. The van der Waals surface area contributed by atoms with E-state index in [2.05, 4.69) is 51.4 Å². The Balaban J connectivity index is 1.82. The summed E-state index contributed by atoms with van der Waals surface area (Å²) in [5.74, 6) is 0.869. The van der Waals surface area contributed by atoms with Gasteiger partial charge in [0.05, 0.1) is 5.56 Å². The molecule has 122 valence electrons. The van der Waals surface area contributed by atoms with Crippen molar-refractivity contribution in [2.45, 2.75) is 73.4 Å². The van der Waals surface area contributed by atoms with Gasteiger partial charge in [-0.3, -0.25) is 4.79 Å². The molecular formula is C19H30N2O.